The molecule has 5 nitrogen and oxygen atoms in total. The minimum absolute atomic E-state index is 0.0251. The Balaban J connectivity index is 1.88. The summed E-state index contributed by atoms with van der Waals surface area (Å²) in [5.41, 5.74) is -0.0730. The van der Waals surface area contributed by atoms with Crippen LogP contribution < -0.4 is 5.32 Å². The molecule has 1 aromatic carbocycles. The smallest absolute Gasteiger partial charge is 0.325 e. The molecular weight excluding hydrogens is 280 g/mol. The van der Waals surface area contributed by atoms with E-state index in [1.807, 2.05) is 37.3 Å². The van der Waals surface area contributed by atoms with Gasteiger partial charge >= 0.3 is 6.03 Å². The van der Waals surface area contributed by atoms with Crippen LogP contribution in [0.2, 0.25) is 0 Å². The molecule has 1 N–H and O–H groups in total. The van der Waals surface area contributed by atoms with Crippen LogP contribution in [0, 0.1) is 0 Å². The molecule has 3 rings (SSSR count). The number of benzene rings is 1. The van der Waals surface area contributed by atoms with Crippen molar-refractivity contribution in [3.05, 3.63) is 35.9 Å². The van der Waals surface area contributed by atoms with E-state index in [2.05, 4.69) is 5.32 Å². The quantitative estimate of drug-likeness (QED) is 0.850. The number of imide groups is 1. The van der Waals surface area contributed by atoms with E-state index < -0.39 is 5.54 Å². The fourth-order valence-corrected chi connectivity index (χ4v) is 3.39. The minimum atomic E-state index is -0.925. The predicted molar refractivity (Wildman–Crippen MR) is 82.2 cm³/mol. The predicted octanol–water partition coefficient (Wildman–Crippen LogP) is 2.41. The van der Waals surface area contributed by atoms with E-state index in [9.17, 15) is 9.59 Å². The van der Waals surface area contributed by atoms with Gasteiger partial charge in [-0.15, -0.1) is 0 Å². The Kier molecular flexibility index (Phi) is 4.16. The zero-order chi connectivity index (χ0) is 15.6. The number of rotatable bonds is 5. The lowest BCUT2D eigenvalue weighted by atomic mass is 9.85. The number of nitrogens with one attached hydrogen (secondary N) is 1. The summed E-state index contributed by atoms with van der Waals surface area (Å²) >= 11 is 0. The number of carbonyl (C=O) groups excluding carboxylic acids is 2. The summed E-state index contributed by atoms with van der Waals surface area (Å²) < 4.78 is 5.57. The highest BCUT2D eigenvalue weighted by molar-refractivity contribution is 6.07. The number of amides is 3. The average molecular weight is 302 g/mol. The van der Waals surface area contributed by atoms with Crippen molar-refractivity contribution in [1.82, 2.24) is 10.2 Å². The number of carbonyl (C=O) groups is 2. The van der Waals surface area contributed by atoms with Crippen molar-refractivity contribution in [1.29, 1.82) is 0 Å². The molecule has 2 saturated heterocycles. The molecule has 1 aromatic rings. The molecular formula is C17H22N2O3. The topological polar surface area (TPSA) is 58.6 Å². The molecule has 2 atom stereocenters. The summed E-state index contributed by atoms with van der Waals surface area (Å²) in [6.45, 7) is 3.09. The molecule has 0 saturated carbocycles. The van der Waals surface area contributed by atoms with Gasteiger partial charge in [0.1, 0.15) is 5.54 Å². The second kappa shape index (κ2) is 6.08. The highest BCUT2D eigenvalue weighted by Crippen LogP contribution is 2.34. The Morgan fingerprint density at radius 1 is 1.32 bits per heavy atom. The molecule has 0 aromatic heterocycles. The van der Waals surface area contributed by atoms with Crippen molar-refractivity contribution in [3.63, 3.8) is 0 Å². The number of urea groups is 1. The van der Waals surface area contributed by atoms with Gasteiger partial charge in [-0.3, -0.25) is 9.69 Å². The van der Waals surface area contributed by atoms with Gasteiger partial charge < -0.3 is 10.1 Å². The summed E-state index contributed by atoms with van der Waals surface area (Å²) in [5.74, 6) is -0.152. The van der Waals surface area contributed by atoms with Gasteiger partial charge in [-0.1, -0.05) is 43.7 Å². The summed E-state index contributed by atoms with van der Waals surface area (Å²) in [4.78, 5) is 26.7. The van der Waals surface area contributed by atoms with E-state index >= 15 is 0 Å². The second-order valence-corrected chi connectivity index (χ2v) is 6.00. The molecule has 0 bridgehead atoms. The molecule has 0 spiro atoms. The van der Waals surface area contributed by atoms with E-state index in [-0.39, 0.29) is 18.0 Å². The van der Waals surface area contributed by atoms with Gasteiger partial charge in [0.05, 0.1) is 12.6 Å². The maximum Gasteiger partial charge on any atom is 0.325 e. The molecule has 2 aliphatic heterocycles. The van der Waals surface area contributed by atoms with Gasteiger partial charge in [-0.05, 0) is 24.8 Å². The summed E-state index contributed by atoms with van der Waals surface area (Å²) in [6, 6.07) is 9.21. The van der Waals surface area contributed by atoms with Crippen LogP contribution in [0.25, 0.3) is 0 Å². The molecule has 2 fully saturated rings. The first-order valence-corrected chi connectivity index (χ1v) is 7.98. The number of hydrogen-bond acceptors (Lipinski definition) is 3. The number of hydrogen-bond donors (Lipinski definition) is 1. The molecule has 0 radical (unpaired) electrons. The Bertz CT molecular complexity index is 554. The van der Waals surface area contributed by atoms with E-state index in [4.69, 9.17) is 4.74 Å². The molecule has 5 heteroatoms. The molecule has 0 unspecified atom stereocenters. The van der Waals surface area contributed by atoms with Crippen LogP contribution in [0.3, 0.4) is 0 Å². The van der Waals surface area contributed by atoms with Crippen LogP contribution in [0.4, 0.5) is 4.79 Å². The maximum atomic E-state index is 13.0. The standard InChI is InChI=1S/C17H22N2O3/c1-2-10-17(13-7-4-3-5-8-13)15(20)19(16(21)18-17)12-14-9-6-11-22-14/h3-5,7-8,14H,2,6,9-12H2,1H3,(H,18,21)/t14-,17-/m0/s1. The summed E-state index contributed by atoms with van der Waals surface area (Å²) in [6.07, 6.45) is 3.29. The summed E-state index contributed by atoms with van der Waals surface area (Å²) in [5, 5.41) is 2.94. The molecule has 2 heterocycles. The SMILES string of the molecule is CCC[C@@]1(c2ccccc2)NC(=O)N(C[C@@H]2CCCO2)C1=O. The number of nitrogens with zero attached hydrogens (tertiary/aromatic N) is 1. The van der Waals surface area contributed by atoms with Crippen LogP contribution in [0.1, 0.15) is 38.2 Å². The Hall–Kier alpha value is -1.88. The van der Waals surface area contributed by atoms with Gasteiger partial charge in [-0.25, -0.2) is 4.79 Å². The van der Waals surface area contributed by atoms with Crippen molar-refractivity contribution in [2.45, 2.75) is 44.2 Å². The zero-order valence-electron chi connectivity index (χ0n) is 12.9. The van der Waals surface area contributed by atoms with Crippen LogP contribution in [0.5, 0.6) is 0 Å². The van der Waals surface area contributed by atoms with Gasteiger partial charge in [0.2, 0.25) is 0 Å². The Labute approximate surface area is 130 Å². The van der Waals surface area contributed by atoms with Crippen molar-refractivity contribution < 1.29 is 14.3 Å². The molecule has 22 heavy (non-hydrogen) atoms. The lowest BCUT2D eigenvalue weighted by molar-refractivity contribution is -0.133. The fourth-order valence-electron chi connectivity index (χ4n) is 3.39. The Morgan fingerprint density at radius 2 is 2.09 bits per heavy atom. The van der Waals surface area contributed by atoms with E-state index in [0.29, 0.717) is 19.6 Å². The van der Waals surface area contributed by atoms with Gasteiger partial charge in [0.25, 0.3) is 5.91 Å². The fraction of sp³-hybridized carbons (Fsp3) is 0.529. The summed E-state index contributed by atoms with van der Waals surface area (Å²) in [7, 11) is 0. The second-order valence-electron chi connectivity index (χ2n) is 6.00. The number of ether oxygens (including phenoxy) is 1. The van der Waals surface area contributed by atoms with Crippen molar-refractivity contribution >= 4 is 11.9 Å². The normalized spacial score (nSPS) is 28.2. The first kappa shape index (κ1) is 15.0. The van der Waals surface area contributed by atoms with Crippen molar-refractivity contribution in [2.75, 3.05) is 13.2 Å². The highest BCUT2D eigenvalue weighted by atomic mass is 16.5. The van der Waals surface area contributed by atoms with Gasteiger partial charge in [0, 0.05) is 6.61 Å². The van der Waals surface area contributed by atoms with Gasteiger partial charge in [-0.2, -0.15) is 0 Å². The van der Waals surface area contributed by atoms with Gasteiger partial charge in [0.15, 0.2) is 0 Å². The molecule has 0 aliphatic carbocycles. The minimum Gasteiger partial charge on any atom is -0.376 e. The highest BCUT2D eigenvalue weighted by Gasteiger charge is 2.52. The lowest BCUT2D eigenvalue weighted by Gasteiger charge is -2.27. The monoisotopic (exact) mass is 302 g/mol. The van der Waals surface area contributed by atoms with Crippen molar-refractivity contribution in [2.24, 2.45) is 0 Å². The van der Waals surface area contributed by atoms with E-state index in [0.717, 1.165) is 24.8 Å². The average Bonchev–Trinajstić information content (AvgIpc) is 3.12. The third-order valence-electron chi connectivity index (χ3n) is 4.48. The molecule has 3 amide bonds. The first-order valence-electron chi connectivity index (χ1n) is 7.98. The van der Waals surface area contributed by atoms with Crippen LogP contribution in [-0.2, 0) is 15.1 Å². The van der Waals surface area contributed by atoms with E-state index in [1.165, 1.54) is 4.90 Å². The molecule has 118 valence electrons. The van der Waals surface area contributed by atoms with E-state index in [1.54, 1.807) is 0 Å². The van der Waals surface area contributed by atoms with Crippen LogP contribution in [0.15, 0.2) is 30.3 Å². The Morgan fingerprint density at radius 3 is 2.73 bits per heavy atom. The van der Waals surface area contributed by atoms with Crippen LogP contribution >= 0.6 is 0 Å². The maximum absolute atomic E-state index is 13.0. The molecule has 2 aliphatic rings. The third kappa shape index (κ3) is 2.50. The van der Waals surface area contributed by atoms with Crippen LogP contribution in [-0.4, -0.2) is 36.1 Å². The van der Waals surface area contributed by atoms with Crippen molar-refractivity contribution in [3.8, 4) is 0 Å². The third-order valence-corrected chi connectivity index (χ3v) is 4.48. The lowest BCUT2D eigenvalue weighted by Crippen LogP contribution is -2.44. The zero-order valence-corrected chi connectivity index (χ0v) is 12.9. The largest absolute Gasteiger partial charge is 0.376 e. The first-order chi connectivity index (χ1) is 10.7.